The molecule has 4 nitrogen and oxygen atoms in total. The van der Waals surface area contributed by atoms with Crippen LogP contribution in [0.4, 0.5) is 0 Å². The molecule has 0 aliphatic rings. The summed E-state index contributed by atoms with van der Waals surface area (Å²) in [5.74, 6) is 0.250. The molecule has 0 amide bonds. The second-order valence-corrected chi connectivity index (χ2v) is 6.49. The monoisotopic (exact) mass is 346 g/mol. The average molecular weight is 346 g/mol. The van der Waals surface area contributed by atoms with E-state index in [1.54, 1.807) is 30.1 Å². The van der Waals surface area contributed by atoms with Crippen LogP contribution in [0.25, 0.3) is 11.1 Å². The van der Waals surface area contributed by atoms with Gasteiger partial charge in [-0.1, -0.05) is 30.3 Å². The minimum Gasteiger partial charge on any atom is -0.318 e. The van der Waals surface area contributed by atoms with Crippen LogP contribution in [0.5, 0.6) is 0 Å². The van der Waals surface area contributed by atoms with Crippen LogP contribution in [0.15, 0.2) is 71.9 Å². The first-order chi connectivity index (χ1) is 12.6. The van der Waals surface area contributed by atoms with E-state index >= 15 is 0 Å². The average Bonchev–Trinajstić information content (AvgIpc) is 2.65. The molecule has 3 rings (SSSR count). The summed E-state index contributed by atoms with van der Waals surface area (Å²) in [4.78, 5) is 27.6. The maximum atomic E-state index is 12.0. The number of hydrogen-bond donors (Lipinski definition) is 0. The molecule has 2 aromatic heterocycles. The maximum absolute atomic E-state index is 12.0. The van der Waals surface area contributed by atoms with E-state index in [1.807, 2.05) is 24.4 Å². The highest BCUT2D eigenvalue weighted by atomic mass is 16.1. The van der Waals surface area contributed by atoms with Crippen molar-refractivity contribution < 1.29 is 4.79 Å². The summed E-state index contributed by atoms with van der Waals surface area (Å²) in [6, 6.07) is 15.5. The van der Waals surface area contributed by atoms with Gasteiger partial charge in [-0.25, -0.2) is 0 Å². The summed E-state index contributed by atoms with van der Waals surface area (Å²) in [6.07, 6.45) is 8.07. The van der Waals surface area contributed by atoms with Gasteiger partial charge >= 0.3 is 0 Å². The first kappa shape index (κ1) is 17.8. The number of Topliss-reactive ketones (excluding diaryl/α,β-unsaturated/α-hetero) is 1. The fourth-order valence-corrected chi connectivity index (χ4v) is 2.94. The molecule has 2 heterocycles. The van der Waals surface area contributed by atoms with Crippen LogP contribution >= 0.6 is 0 Å². The minimum absolute atomic E-state index is 0.0127. The molecule has 3 aromatic rings. The molecule has 0 saturated carbocycles. The molecule has 0 aliphatic carbocycles. The topological polar surface area (TPSA) is 52.0 Å². The molecule has 0 saturated heterocycles. The first-order valence-corrected chi connectivity index (χ1v) is 8.78. The molecule has 132 valence electrons. The number of nitrogens with zero attached hydrogens (tertiary/aromatic N) is 2. The Morgan fingerprint density at radius 2 is 1.77 bits per heavy atom. The van der Waals surface area contributed by atoms with Crippen LogP contribution < -0.4 is 5.56 Å². The van der Waals surface area contributed by atoms with Crippen molar-refractivity contribution >= 4 is 5.78 Å². The number of carbonyl (C=O) groups is 1. The lowest BCUT2D eigenvalue weighted by molar-refractivity contribution is -0.118. The van der Waals surface area contributed by atoms with E-state index < -0.39 is 0 Å². The molecule has 1 aromatic carbocycles. The van der Waals surface area contributed by atoms with Gasteiger partial charge in [0.25, 0.3) is 0 Å². The van der Waals surface area contributed by atoms with Crippen molar-refractivity contribution in [2.45, 2.75) is 25.7 Å². The molecule has 26 heavy (non-hydrogen) atoms. The third-order valence-corrected chi connectivity index (χ3v) is 4.42. The third-order valence-electron chi connectivity index (χ3n) is 4.42. The highest BCUT2D eigenvalue weighted by Gasteiger charge is 2.05. The van der Waals surface area contributed by atoms with Crippen molar-refractivity contribution in [3.05, 3.63) is 88.6 Å². The Kier molecular flexibility index (Phi) is 5.74. The zero-order valence-corrected chi connectivity index (χ0v) is 14.9. The van der Waals surface area contributed by atoms with Gasteiger partial charge in [0.2, 0.25) is 5.56 Å². The Bertz CT molecular complexity index is 928. The van der Waals surface area contributed by atoms with E-state index in [0.29, 0.717) is 12.8 Å². The third kappa shape index (κ3) is 4.76. The van der Waals surface area contributed by atoms with Crippen LogP contribution in [-0.4, -0.2) is 15.3 Å². The second kappa shape index (κ2) is 8.39. The standard InChI is InChI=1S/C22H22N2O2/c1-24-16-20(11-12-22(24)26)19-9-7-17(8-10-19)4-2-6-21(25)14-18-5-3-13-23-15-18/h3,5,7-13,15-16H,2,4,6,14H2,1H3. The fraction of sp³-hybridized carbons (Fsp3) is 0.227. The van der Waals surface area contributed by atoms with Crippen LogP contribution in [0, 0.1) is 0 Å². The lowest BCUT2D eigenvalue weighted by Crippen LogP contribution is -2.13. The van der Waals surface area contributed by atoms with E-state index in [4.69, 9.17) is 0 Å². The molecule has 0 spiro atoms. The van der Waals surface area contributed by atoms with Crippen molar-refractivity contribution in [2.24, 2.45) is 7.05 Å². The van der Waals surface area contributed by atoms with Crippen LogP contribution in [0.3, 0.4) is 0 Å². The Hall–Kier alpha value is -3.01. The molecular formula is C22H22N2O2. The number of carbonyl (C=O) groups excluding carboxylic acids is 1. The predicted molar refractivity (Wildman–Crippen MR) is 103 cm³/mol. The van der Waals surface area contributed by atoms with Gasteiger partial charge in [-0.05, 0) is 47.2 Å². The van der Waals surface area contributed by atoms with Gasteiger partial charge < -0.3 is 4.57 Å². The van der Waals surface area contributed by atoms with Crippen molar-refractivity contribution in [1.82, 2.24) is 9.55 Å². The number of benzene rings is 1. The normalized spacial score (nSPS) is 10.7. The molecule has 0 fully saturated rings. The zero-order valence-electron chi connectivity index (χ0n) is 14.9. The lowest BCUT2D eigenvalue weighted by Gasteiger charge is -2.06. The Morgan fingerprint density at radius 1 is 1.00 bits per heavy atom. The summed E-state index contributed by atoms with van der Waals surface area (Å²) < 4.78 is 1.58. The molecule has 0 bridgehead atoms. The van der Waals surface area contributed by atoms with E-state index in [2.05, 4.69) is 29.2 Å². The molecule has 0 radical (unpaired) electrons. The molecule has 0 N–H and O–H groups in total. The largest absolute Gasteiger partial charge is 0.318 e. The summed E-state index contributed by atoms with van der Waals surface area (Å²) in [5, 5.41) is 0. The van der Waals surface area contributed by atoms with Crippen molar-refractivity contribution in [2.75, 3.05) is 0 Å². The number of ketones is 1. The van der Waals surface area contributed by atoms with Gasteiger partial charge in [0, 0.05) is 44.5 Å². The van der Waals surface area contributed by atoms with Gasteiger partial charge in [-0.2, -0.15) is 0 Å². The summed E-state index contributed by atoms with van der Waals surface area (Å²) in [5.41, 5.74) is 4.27. The van der Waals surface area contributed by atoms with E-state index in [0.717, 1.165) is 29.5 Å². The molecule has 0 atom stereocenters. The molecular weight excluding hydrogens is 324 g/mol. The second-order valence-electron chi connectivity index (χ2n) is 6.49. The van der Waals surface area contributed by atoms with Gasteiger partial charge in [0.15, 0.2) is 0 Å². The first-order valence-electron chi connectivity index (χ1n) is 8.78. The number of aromatic nitrogens is 2. The number of hydrogen-bond acceptors (Lipinski definition) is 3. The zero-order chi connectivity index (χ0) is 18.4. The van der Waals surface area contributed by atoms with Crippen LogP contribution in [0.2, 0.25) is 0 Å². The van der Waals surface area contributed by atoms with Gasteiger partial charge in [-0.15, -0.1) is 0 Å². The molecule has 0 unspecified atom stereocenters. The number of aryl methyl sites for hydroxylation is 2. The van der Waals surface area contributed by atoms with Crippen LogP contribution in [0.1, 0.15) is 24.0 Å². The Balaban J connectivity index is 1.52. The number of rotatable bonds is 7. The fourth-order valence-electron chi connectivity index (χ4n) is 2.94. The van der Waals surface area contributed by atoms with Gasteiger partial charge in [-0.3, -0.25) is 14.6 Å². The SMILES string of the molecule is Cn1cc(-c2ccc(CCCC(=O)Cc3cccnc3)cc2)ccc1=O. The van der Waals surface area contributed by atoms with Gasteiger partial charge in [0.1, 0.15) is 5.78 Å². The van der Waals surface area contributed by atoms with E-state index in [9.17, 15) is 9.59 Å². The maximum Gasteiger partial charge on any atom is 0.250 e. The lowest BCUT2D eigenvalue weighted by atomic mass is 10.0. The van der Waals surface area contributed by atoms with E-state index in [-0.39, 0.29) is 11.3 Å². The minimum atomic E-state index is -0.0127. The smallest absolute Gasteiger partial charge is 0.250 e. The van der Waals surface area contributed by atoms with Crippen LogP contribution in [-0.2, 0) is 24.7 Å². The quantitative estimate of drug-likeness (QED) is 0.657. The molecule has 0 aliphatic heterocycles. The summed E-state index contributed by atoms with van der Waals surface area (Å²) in [7, 11) is 1.75. The van der Waals surface area contributed by atoms with Crippen molar-refractivity contribution in [3.8, 4) is 11.1 Å². The Labute approximate surface area is 153 Å². The Morgan fingerprint density at radius 3 is 2.46 bits per heavy atom. The summed E-state index contributed by atoms with van der Waals surface area (Å²) in [6.45, 7) is 0. The highest BCUT2D eigenvalue weighted by Crippen LogP contribution is 2.19. The number of pyridine rings is 2. The van der Waals surface area contributed by atoms with E-state index in [1.165, 1.54) is 5.56 Å². The molecule has 4 heteroatoms. The van der Waals surface area contributed by atoms with Crippen molar-refractivity contribution in [1.29, 1.82) is 0 Å². The van der Waals surface area contributed by atoms with Crippen molar-refractivity contribution in [3.63, 3.8) is 0 Å². The summed E-state index contributed by atoms with van der Waals surface area (Å²) >= 11 is 0. The predicted octanol–water partition coefficient (Wildman–Crippen LogP) is 3.58. The van der Waals surface area contributed by atoms with Gasteiger partial charge in [0.05, 0.1) is 0 Å². The highest BCUT2D eigenvalue weighted by molar-refractivity contribution is 5.80.